The molecule has 0 aliphatic heterocycles. The molecule has 0 spiro atoms. The molecule has 1 aromatic carbocycles. The third-order valence-corrected chi connectivity index (χ3v) is 3.53. The summed E-state index contributed by atoms with van der Waals surface area (Å²) in [6.07, 6.45) is -2.72. The molecule has 1 heterocycles. The molecular weight excluding hydrogens is 347 g/mol. The number of aromatic nitrogens is 2. The molecule has 1 N–H and O–H groups in total. The summed E-state index contributed by atoms with van der Waals surface area (Å²) in [6.45, 7) is 4.60. The van der Waals surface area contributed by atoms with Crippen molar-refractivity contribution in [1.82, 2.24) is 15.1 Å². The van der Waals surface area contributed by atoms with E-state index in [1.807, 2.05) is 13.8 Å². The molecular formula is C14H15BrF3N3. The van der Waals surface area contributed by atoms with Crippen LogP contribution in [0.3, 0.4) is 0 Å². The zero-order valence-electron chi connectivity index (χ0n) is 11.6. The first kappa shape index (κ1) is 16.0. The number of alkyl halides is 3. The number of halogens is 4. The first-order valence-corrected chi connectivity index (χ1v) is 7.21. The van der Waals surface area contributed by atoms with Gasteiger partial charge in [-0.2, -0.15) is 18.3 Å². The topological polar surface area (TPSA) is 29.9 Å². The van der Waals surface area contributed by atoms with Crippen LogP contribution in [-0.2, 0) is 12.7 Å². The lowest BCUT2D eigenvalue weighted by Crippen LogP contribution is -2.22. The molecule has 7 heteroatoms. The third-order valence-electron chi connectivity index (χ3n) is 2.86. The van der Waals surface area contributed by atoms with Gasteiger partial charge in [0.05, 0.1) is 16.9 Å². The van der Waals surface area contributed by atoms with Gasteiger partial charge in [0.1, 0.15) is 0 Å². The molecule has 2 aromatic rings. The van der Waals surface area contributed by atoms with Crippen molar-refractivity contribution in [2.45, 2.75) is 32.6 Å². The Morgan fingerprint density at radius 2 is 2.00 bits per heavy atom. The van der Waals surface area contributed by atoms with Crippen molar-refractivity contribution in [3.05, 3.63) is 46.2 Å². The minimum Gasteiger partial charge on any atom is -0.309 e. The van der Waals surface area contributed by atoms with Gasteiger partial charge in [-0.1, -0.05) is 13.8 Å². The second-order valence-electron chi connectivity index (χ2n) is 4.95. The summed E-state index contributed by atoms with van der Waals surface area (Å²) in [5, 5.41) is 7.50. The lowest BCUT2D eigenvalue weighted by molar-refractivity contribution is -0.137. The van der Waals surface area contributed by atoms with E-state index in [1.165, 1.54) is 10.7 Å². The average molecular weight is 362 g/mol. The van der Waals surface area contributed by atoms with E-state index in [4.69, 9.17) is 0 Å². The predicted molar refractivity (Wildman–Crippen MR) is 78.2 cm³/mol. The summed E-state index contributed by atoms with van der Waals surface area (Å²) in [6, 6.07) is 5.60. The highest BCUT2D eigenvalue weighted by atomic mass is 79.9. The molecule has 0 fully saturated rings. The highest BCUT2D eigenvalue weighted by molar-refractivity contribution is 9.10. The molecule has 0 saturated heterocycles. The maximum Gasteiger partial charge on any atom is 0.416 e. The van der Waals surface area contributed by atoms with Crippen LogP contribution in [0.2, 0.25) is 0 Å². The Bertz CT molecular complexity index is 620. The third kappa shape index (κ3) is 4.07. The van der Waals surface area contributed by atoms with E-state index in [9.17, 15) is 13.2 Å². The largest absolute Gasteiger partial charge is 0.416 e. The van der Waals surface area contributed by atoms with E-state index in [0.717, 1.165) is 17.8 Å². The molecule has 0 aliphatic carbocycles. The van der Waals surface area contributed by atoms with Crippen molar-refractivity contribution in [2.75, 3.05) is 0 Å². The van der Waals surface area contributed by atoms with Gasteiger partial charge in [-0.3, -0.25) is 0 Å². The first-order valence-electron chi connectivity index (χ1n) is 6.42. The molecule has 1 aromatic heterocycles. The Labute approximate surface area is 129 Å². The number of rotatable bonds is 4. The number of nitrogens with zero attached hydrogens (tertiary/aromatic N) is 2. The van der Waals surface area contributed by atoms with Crippen LogP contribution < -0.4 is 5.32 Å². The maximum atomic E-state index is 12.8. The molecule has 0 radical (unpaired) electrons. The summed E-state index contributed by atoms with van der Waals surface area (Å²) >= 11 is 3.26. The molecule has 0 amide bonds. The fourth-order valence-corrected chi connectivity index (χ4v) is 2.19. The van der Waals surface area contributed by atoms with Crippen LogP contribution in [0.4, 0.5) is 13.2 Å². The number of benzene rings is 1. The van der Waals surface area contributed by atoms with E-state index < -0.39 is 11.7 Å². The molecule has 0 aliphatic rings. The molecule has 0 bridgehead atoms. The fraction of sp³-hybridized carbons (Fsp3) is 0.357. The van der Waals surface area contributed by atoms with Crippen LogP contribution in [0.1, 0.15) is 25.1 Å². The van der Waals surface area contributed by atoms with Crippen molar-refractivity contribution in [3.63, 3.8) is 0 Å². The van der Waals surface area contributed by atoms with Crippen LogP contribution in [-0.4, -0.2) is 15.8 Å². The molecule has 114 valence electrons. The van der Waals surface area contributed by atoms with E-state index in [1.54, 1.807) is 12.3 Å². The second kappa shape index (κ2) is 6.19. The van der Waals surface area contributed by atoms with Crippen LogP contribution in [0, 0.1) is 0 Å². The zero-order valence-corrected chi connectivity index (χ0v) is 13.2. The number of hydrogen-bond donors (Lipinski definition) is 1. The van der Waals surface area contributed by atoms with Crippen molar-refractivity contribution in [2.24, 2.45) is 0 Å². The van der Waals surface area contributed by atoms with Gasteiger partial charge in [-0.25, -0.2) is 4.68 Å². The lowest BCUT2D eigenvalue weighted by Gasteiger charge is -2.11. The van der Waals surface area contributed by atoms with Crippen LogP contribution in [0.15, 0.2) is 34.9 Å². The van der Waals surface area contributed by atoms with Gasteiger partial charge in [-0.05, 0) is 40.2 Å². The Morgan fingerprint density at radius 1 is 1.29 bits per heavy atom. The van der Waals surface area contributed by atoms with Gasteiger partial charge in [0.25, 0.3) is 0 Å². The number of hydrogen-bond acceptors (Lipinski definition) is 2. The van der Waals surface area contributed by atoms with Gasteiger partial charge in [0.2, 0.25) is 0 Å². The van der Waals surface area contributed by atoms with Gasteiger partial charge in [0.15, 0.2) is 0 Å². The van der Waals surface area contributed by atoms with Crippen LogP contribution in [0.5, 0.6) is 0 Å². The fourth-order valence-electron chi connectivity index (χ4n) is 1.76. The van der Waals surface area contributed by atoms with Gasteiger partial charge in [-0.15, -0.1) is 0 Å². The lowest BCUT2D eigenvalue weighted by atomic mass is 10.2. The summed E-state index contributed by atoms with van der Waals surface area (Å²) < 4.78 is 40.3. The van der Waals surface area contributed by atoms with E-state index in [2.05, 4.69) is 26.3 Å². The minimum absolute atomic E-state index is 0.315. The van der Waals surface area contributed by atoms with Gasteiger partial charge < -0.3 is 5.32 Å². The van der Waals surface area contributed by atoms with Crippen LogP contribution >= 0.6 is 15.9 Å². The molecule has 0 saturated carbocycles. The predicted octanol–water partition coefficient (Wildman–Crippen LogP) is 4.15. The number of nitrogens with one attached hydrogen (secondary N) is 1. The molecule has 0 atom stereocenters. The first-order chi connectivity index (χ1) is 9.77. The monoisotopic (exact) mass is 361 g/mol. The smallest absolute Gasteiger partial charge is 0.309 e. The Kier molecular flexibility index (Phi) is 4.73. The van der Waals surface area contributed by atoms with Crippen molar-refractivity contribution < 1.29 is 13.2 Å². The van der Waals surface area contributed by atoms with Crippen molar-refractivity contribution in [3.8, 4) is 5.69 Å². The van der Waals surface area contributed by atoms with E-state index >= 15 is 0 Å². The molecule has 3 nitrogen and oxygen atoms in total. The van der Waals surface area contributed by atoms with E-state index in [0.29, 0.717) is 22.7 Å². The van der Waals surface area contributed by atoms with Gasteiger partial charge >= 0.3 is 6.18 Å². The van der Waals surface area contributed by atoms with Crippen LogP contribution in [0.25, 0.3) is 5.69 Å². The quantitative estimate of drug-likeness (QED) is 0.886. The molecule has 21 heavy (non-hydrogen) atoms. The highest BCUT2D eigenvalue weighted by Crippen LogP contribution is 2.33. The normalized spacial score (nSPS) is 12.1. The standard InChI is InChI=1S/C14H15BrF3N3/c1-9(2)19-8-11-5-6-21(20-11)13-7-10(14(16,17)18)3-4-12(13)15/h3-7,9,19H,8H2,1-2H3. The second-order valence-corrected chi connectivity index (χ2v) is 5.81. The maximum absolute atomic E-state index is 12.8. The van der Waals surface area contributed by atoms with Crippen molar-refractivity contribution >= 4 is 15.9 Å². The van der Waals surface area contributed by atoms with Gasteiger partial charge in [0, 0.05) is 23.3 Å². The average Bonchev–Trinajstić information content (AvgIpc) is 2.84. The Morgan fingerprint density at radius 3 is 2.62 bits per heavy atom. The SMILES string of the molecule is CC(C)NCc1ccn(-c2cc(C(F)(F)F)ccc2Br)n1. The summed E-state index contributed by atoms with van der Waals surface area (Å²) in [4.78, 5) is 0. The van der Waals surface area contributed by atoms with Crippen molar-refractivity contribution in [1.29, 1.82) is 0 Å². The highest BCUT2D eigenvalue weighted by Gasteiger charge is 2.31. The Hall–Kier alpha value is -1.34. The zero-order chi connectivity index (χ0) is 15.6. The summed E-state index contributed by atoms with van der Waals surface area (Å²) in [5.41, 5.74) is 0.437. The summed E-state index contributed by atoms with van der Waals surface area (Å²) in [5.74, 6) is 0. The molecule has 0 unspecified atom stereocenters. The summed E-state index contributed by atoms with van der Waals surface area (Å²) in [7, 11) is 0. The Balaban J connectivity index is 2.29. The molecule has 2 rings (SSSR count). The van der Waals surface area contributed by atoms with E-state index in [-0.39, 0.29) is 0 Å². The minimum atomic E-state index is -4.37.